The molecule has 2 aliphatic rings. The second kappa shape index (κ2) is 7.84. The molecule has 2 saturated carbocycles. The lowest BCUT2D eigenvalue weighted by molar-refractivity contribution is -0.120. The number of aromatic nitrogens is 4. The van der Waals surface area contributed by atoms with E-state index in [-0.39, 0.29) is 5.69 Å². The number of rotatable bonds is 8. The number of nitrogens with two attached hydrogens (primary N) is 1. The normalized spacial score (nSPS) is 16.2. The molecule has 2 fully saturated rings. The van der Waals surface area contributed by atoms with E-state index in [1.165, 1.54) is 14.2 Å². The summed E-state index contributed by atoms with van der Waals surface area (Å²) in [6.45, 7) is 0. The molecular weight excluding hydrogens is 426 g/mol. The highest BCUT2D eigenvalue weighted by Crippen LogP contribution is 2.48. The van der Waals surface area contributed by atoms with Gasteiger partial charge in [-0.25, -0.2) is 0 Å². The first-order valence-electron chi connectivity index (χ1n) is 10.6. The van der Waals surface area contributed by atoms with Gasteiger partial charge in [0.2, 0.25) is 17.6 Å². The van der Waals surface area contributed by atoms with Crippen molar-refractivity contribution >= 4 is 23.2 Å². The molecule has 0 atom stereocenters. The summed E-state index contributed by atoms with van der Waals surface area (Å²) >= 11 is 0. The van der Waals surface area contributed by atoms with Gasteiger partial charge in [0.05, 0.1) is 35.2 Å². The first-order chi connectivity index (χ1) is 16.0. The molecule has 1 aromatic carbocycles. The Morgan fingerprint density at radius 3 is 2.64 bits per heavy atom. The average Bonchev–Trinajstić information content (AvgIpc) is 3.76. The lowest BCUT2D eigenvalue weighted by atomic mass is 10.0. The Balaban J connectivity index is 1.55. The number of benzene rings is 1. The van der Waals surface area contributed by atoms with Gasteiger partial charge >= 0.3 is 0 Å². The summed E-state index contributed by atoms with van der Waals surface area (Å²) in [4.78, 5) is 28.9. The Morgan fingerprint density at radius 1 is 1.21 bits per heavy atom. The van der Waals surface area contributed by atoms with Crippen LogP contribution in [0.3, 0.4) is 0 Å². The Hall–Kier alpha value is -4.02. The Bertz CT molecular complexity index is 1250. The van der Waals surface area contributed by atoms with E-state index in [1.54, 1.807) is 12.1 Å². The van der Waals surface area contributed by atoms with E-state index in [2.05, 4.69) is 31.0 Å². The zero-order valence-electron chi connectivity index (χ0n) is 18.2. The van der Waals surface area contributed by atoms with Crippen LogP contribution in [-0.2, 0) is 10.2 Å². The molecule has 0 radical (unpaired) electrons. The van der Waals surface area contributed by atoms with Gasteiger partial charge < -0.3 is 25.6 Å². The molecule has 170 valence electrons. The largest absolute Gasteiger partial charge is 0.494 e. The smallest absolute Gasteiger partial charge is 0.273 e. The van der Waals surface area contributed by atoms with Crippen LogP contribution < -0.4 is 21.1 Å². The van der Waals surface area contributed by atoms with Crippen LogP contribution in [0.4, 0.5) is 11.4 Å². The summed E-state index contributed by atoms with van der Waals surface area (Å²) in [7, 11) is 3.04. The molecule has 0 bridgehead atoms. The highest BCUT2D eigenvalue weighted by molar-refractivity contribution is 5.99. The summed E-state index contributed by atoms with van der Waals surface area (Å²) in [5, 5.41) is 18.1. The van der Waals surface area contributed by atoms with Crippen LogP contribution in [0.2, 0.25) is 0 Å². The molecular formula is C22H23N7O4. The van der Waals surface area contributed by atoms with E-state index in [4.69, 9.17) is 15.0 Å². The number of carbonyl (C=O) groups is 2. The Morgan fingerprint density at radius 2 is 2.00 bits per heavy atom. The number of hydrogen-bond acceptors (Lipinski definition) is 9. The van der Waals surface area contributed by atoms with Gasteiger partial charge in [0.15, 0.2) is 11.4 Å². The van der Waals surface area contributed by atoms with Crippen molar-refractivity contribution in [1.29, 1.82) is 0 Å². The molecule has 11 heteroatoms. The number of nitrogens with zero attached hydrogens (tertiary/aromatic N) is 4. The van der Waals surface area contributed by atoms with E-state index >= 15 is 0 Å². The fraction of sp³-hybridized carbons (Fsp3) is 0.364. The fourth-order valence-electron chi connectivity index (χ4n) is 3.78. The van der Waals surface area contributed by atoms with Crippen molar-refractivity contribution in [2.75, 3.05) is 19.5 Å². The molecule has 0 aliphatic heterocycles. The molecule has 11 nitrogen and oxygen atoms in total. The fourth-order valence-corrected chi connectivity index (χ4v) is 3.78. The van der Waals surface area contributed by atoms with Crippen LogP contribution in [0, 0.1) is 0 Å². The lowest BCUT2D eigenvalue weighted by Gasteiger charge is -2.17. The highest BCUT2D eigenvalue weighted by atomic mass is 16.5. The van der Waals surface area contributed by atoms with Gasteiger partial charge in [-0.2, -0.15) is 10.1 Å². The van der Waals surface area contributed by atoms with Crippen molar-refractivity contribution in [2.24, 2.45) is 5.73 Å². The van der Waals surface area contributed by atoms with Crippen molar-refractivity contribution in [3.05, 3.63) is 41.5 Å². The van der Waals surface area contributed by atoms with Crippen molar-refractivity contribution < 1.29 is 18.8 Å². The monoisotopic (exact) mass is 449 g/mol. The number of carbonyl (C=O) groups excluding carboxylic acids is 2. The molecule has 2 aliphatic carbocycles. The van der Waals surface area contributed by atoms with Gasteiger partial charge in [0.1, 0.15) is 0 Å². The maximum atomic E-state index is 12.4. The second-order valence-corrected chi connectivity index (χ2v) is 8.26. The zero-order chi connectivity index (χ0) is 23.2. The van der Waals surface area contributed by atoms with E-state index in [9.17, 15) is 9.59 Å². The third-order valence-electron chi connectivity index (χ3n) is 6.05. The Labute approximate surface area is 189 Å². The molecule has 33 heavy (non-hydrogen) atoms. The van der Waals surface area contributed by atoms with Crippen LogP contribution >= 0.6 is 0 Å². The van der Waals surface area contributed by atoms with E-state index < -0.39 is 17.2 Å². The summed E-state index contributed by atoms with van der Waals surface area (Å²) in [6, 6.07) is 7.07. The van der Waals surface area contributed by atoms with Crippen molar-refractivity contribution in [2.45, 2.75) is 37.0 Å². The maximum Gasteiger partial charge on any atom is 0.273 e. The zero-order valence-corrected chi connectivity index (χ0v) is 18.2. The minimum absolute atomic E-state index is 0.0737. The minimum atomic E-state index is -0.847. The van der Waals surface area contributed by atoms with Gasteiger partial charge in [0.25, 0.3) is 5.91 Å². The highest BCUT2D eigenvalue weighted by Gasteiger charge is 2.52. The van der Waals surface area contributed by atoms with E-state index in [0.717, 1.165) is 12.8 Å². The number of amides is 2. The topological polar surface area (TPSA) is 158 Å². The van der Waals surface area contributed by atoms with Crippen LogP contribution in [0.15, 0.2) is 28.8 Å². The SMILES string of the molecule is CNC(=O)c1nnc(C2(C(N)=O)CC2)cc1Nc1cccc(-c2noc(C3CC3)n2)c1OC. The van der Waals surface area contributed by atoms with Crippen LogP contribution in [0.25, 0.3) is 11.4 Å². The third kappa shape index (κ3) is 3.65. The molecule has 0 saturated heterocycles. The summed E-state index contributed by atoms with van der Waals surface area (Å²) in [5.74, 6) is 0.953. The van der Waals surface area contributed by atoms with Gasteiger partial charge in [-0.3, -0.25) is 9.59 Å². The van der Waals surface area contributed by atoms with Gasteiger partial charge in [-0.15, -0.1) is 5.10 Å². The number of methoxy groups -OCH3 is 1. The van der Waals surface area contributed by atoms with E-state index in [1.807, 2.05) is 12.1 Å². The average molecular weight is 449 g/mol. The number of nitrogens with one attached hydrogen (secondary N) is 2. The van der Waals surface area contributed by atoms with Crippen molar-refractivity contribution in [1.82, 2.24) is 25.7 Å². The first-order valence-corrected chi connectivity index (χ1v) is 10.6. The standard InChI is InChI=1S/C22H23N7O4/c1-24-19(30)16-14(10-15(27-28-16)22(8-9-22)21(23)31)25-13-5-3-4-12(17(13)32-2)18-26-20(33-29-18)11-6-7-11/h3-5,10-11H,6-9H2,1-2H3,(H2,23,31)(H,24,30)(H,25,27). The molecule has 4 N–H and O–H groups in total. The quantitative estimate of drug-likeness (QED) is 0.468. The number of hydrogen-bond donors (Lipinski definition) is 3. The number of primary amides is 1. The van der Waals surface area contributed by atoms with Crippen LogP contribution in [0.5, 0.6) is 5.75 Å². The molecule has 3 aromatic rings. The van der Waals surface area contributed by atoms with Crippen LogP contribution in [0.1, 0.15) is 53.7 Å². The van der Waals surface area contributed by atoms with Gasteiger partial charge in [0, 0.05) is 13.0 Å². The minimum Gasteiger partial charge on any atom is -0.494 e. The predicted molar refractivity (Wildman–Crippen MR) is 117 cm³/mol. The van der Waals surface area contributed by atoms with Crippen molar-refractivity contribution in [3.63, 3.8) is 0 Å². The molecule has 5 rings (SSSR count). The number of ether oxygens (including phenoxy) is 1. The molecule has 0 unspecified atom stereocenters. The molecule has 2 amide bonds. The molecule has 2 heterocycles. The van der Waals surface area contributed by atoms with Crippen LogP contribution in [-0.4, -0.2) is 46.3 Å². The van der Waals surface area contributed by atoms with Gasteiger partial charge in [-0.1, -0.05) is 11.2 Å². The first kappa shape index (κ1) is 20.9. The van der Waals surface area contributed by atoms with Crippen molar-refractivity contribution in [3.8, 4) is 17.1 Å². The molecule has 2 aromatic heterocycles. The molecule has 0 spiro atoms. The summed E-state index contributed by atoms with van der Waals surface area (Å²) < 4.78 is 11.1. The number of para-hydroxylation sites is 1. The lowest BCUT2D eigenvalue weighted by Crippen LogP contribution is -2.30. The maximum absolute atomic E-state index is 12.4. The number of anilines is 2. The summed E-state index contributed by atoms with van der Waals surface area (Å²) in [5.41, 5.74) is 6.81. The summed E-state index contributed by atoms with van der Waals surface area (Å²) in [6.07, 6.45) is 3.28. The Kier molecular flexibility index (Phi) is 4.95. The second-order valence-electron chi connectivity index (χ2n) is 8.26. The van der Waals surface area contributed by atoms with Gasteiger partial charge in [-0.05, 0) is 43.9 Å². The predicted octanol–water partition coefficient (Wildman–Crippen LogP) is 2.03. The van der Waals surface area contributed by atoms with E-state index in [0.29, 0.717) is 58.9 Å². The third-order valence-corrected chi connectivity index (χ3v) is 6.05.